The van der Waals surface area contributed by atoms with Crippen molar-refractivity contribution in [2.45, 2.75) is 0 Å². The lowest BCUT2D eigenvalue weighted by molar-refractivity contribution is 1.10. The summed E-state index contributed by atoms with van der Waals surface area (Å²) < 4.78 is 0.738. The highest BCUT2D eigenvalue weighted by molar-refractivity contribution is 7.15. The molecule has 0 aromatic carbocycles. The number of hydrogen-bond donors (Lipinski definition) is 1. The van der Waals surface area contributed by atoms with Crippen LogP contribution < -0.4 is 0 Å². The van der Waals surface area contributed by atoms with Gasteiger partial charge < -0.3 is 0 Å². The molecule has 1 N–H and O–H groups in total. The number of nitrogens with one attached hydrogen (secondary N) is 1. The molecular formula is C6H4ClN3S. The number of halogens is 1. The first-order valence-electron chi connectivity index (χ1n) is 2.96. The molecule has 2 aromatic rings. The van der Waals surface area contributed by atoms with Gasteiger partial charge in [0.05, 0.1) is 0 Å². The van der Waals surface area contributed by atoms with Crippen LogP contribution in [0, 0.1) is 0 Å². The van der Waals surface area contributed by atoms with E-state index in [2.05, 4.69) is 15.2 Å². The molecule has 0 atom stereocenters. The van der Waals surface area contributed by atoms with Crippen LogP contribution in [0.1, 0.15) is 0 Å². The van der Waals surface area contributed by atoms with E-state index >= 15 is 0 Å². The normalized spacial score (nSPS) is 10.3. The maximum Gasteiger partial charge on any atom is 0.157 e. The van der Waals surface area contributed by atoms with E-state index in [0.29, 0.717) is 0 Å². The molecule has 2 rings (SSSR count). The molecule has 2 aromatic heterocycles. The van der Waals surface area contributed by atoms with Gasteiger partial charge in [-0.05, 0) is 11.4 Å². The van der Waals surface area contributed by atoms with Crippen LogP contribution in [0.5, 0.6) is 0 Å². The zero-order chi connectivity index (χ0) is 7.68. The summed E-state index contributed by atoms with van der Waals surface area (Å²) in [5.41, 5.74) is 0.911. The van der Waals surface area contributed by atoms with Gasteiger partial charge in [0, 0.05) is 5.56 Å². The summed E-state index contributed by atoms with van der Waals surface area (Å²) in [7, 11) is 0. The van der Waals surface area contributed by atoms with E-state index in [1.807, 2.05) is 11.4 Å². The fourth-order valence-corrected chi connectivity index (χ4v) is 1.72. The maximum absolute atomic E-state index is 5.86. The van der Waals surface area contributed by atoms with Gasteiger partial charge >= 0.3 is 0 Å². The molecule has 0 amide bonds. The highest BCUT2D eigenvalue weighted by Gasteiger charge is 2.05. The monoisotopic (exact) mass is 185 g/mol. The number of hydrogen-bond acceptors (Lipinski definition) is 3. The summed E-state index contributed by atoms with van der Waals surface area (Å²) in [6.45, 7) is 0. The van der Waals surface area contributed by atoms with Gasteiger partial charge in [-0.2, -0.15) is 5.10 Å². The van der Waals surface area contributed by atoms with Crippen molar-refractivity contribution in [2.75, 3.05) is 0 Å². The summed E-state index contributed by atoms with van der Waals surface area (Å²) >= 11 is 7.34. The van der Waals surface area contributed by atoms with E-state index in [9.17, 15) is 0 Å². The molecule has 5 heteroatoms. The molecule has 0 unspecified atom stereocenters. The number of rotatable bonds is 1. The molecule has 0 radical (unpaired) electrons. The molecular weight excluding hydrogens is 182 g/mol. The van der Waals surface area contributed by atoms with Gasteiger partial charge in [-0.15, -0.1) is 11.3 Å². The minimum absolute atomic E-state index is 0.719. The second-order valence-corrected chi connectivity index (χ2v) is 3.46. The second-order valence-electron chi connectivity index (χ2n) is 1.94. The van der Waals surface area contributed by atoms with Crippen molar-refractivity contribution in [1.29, 1.82) is 0 Å². The van der Waals surface area contributed by atoms with E-state index in [4.69, 9.17) is 11.6 Å². The van der Waals surface area contributed by atoms with E-state index in [1.54, 1.807) is 0 Å². The molecule has 0 fully saturated rings. The number of nitrogens with zero attached hydrogens (tertiary/aromatic N) is 2. The van der Waals surface area contributed by atoms with E-state index in [0.717, 1.165) is 15.7 Å². The lowest BCUT2D eigenvalue weighted by atomic mass is 10.3. The average molecular weight is 186 g/mol. The Bertz CT molecular complexity index is 340. The quantitative estimate of drug-likeness (QED) is 0.740. The van der Waals surface area contributed by atoms with Crippen LogP contribution in [0.15, 0.2) is 17.8 Å². The molecule has 0 saturated carbocycles. The zero-order valence-electron chi connectivity index (χ0n) is 5.41. The smallest absolute Gasteiger partial charge is 0.157 e. The van der Waals surface area contributed by atoms with E-state index < -0.39 is 0 Å². The number of aromatic amines is 1. The molecule has 0 aliphatic heterocycles. The Hall–Kier alpha value is -0.870. The van der Waals surface area contributed by atoms with Crippen LogP contribution in [0.25, 0.3) is 11.4 Å². The molecule has 0 bridgehead atoms. The van der Waals surface area contributed by atoms with Crippen molar-refractivity contribution in [2.24, 2.45) is 0 Å². The van der Waals surface area contributed by atoms with Crippen LogP contribution >= 0.6 is 22.9 Å². The zero-order valence-corrected chi connectivity index (χ0v) is 6.99. The predicted molar refractivity (Wildman–Crippen MR) is 44.7 cm³/mol. The van der Waals surface area contributed by atoms with Crippen LogP contribution in [0.3, 0.4) is 0 Å². The molecule has 11 heavy (non-hydrogen) atoms. The van der Waals surface area contributed by atoms with Crippen molar-refractivity contribution in [1.82, 2.24) is 15.2 Å². The van der Waals surface area contributed by atoms with Crippen molar-refractivity contribution in [3.63, 3.8) is 0 Å². The minimum atomic E-state index is 0.719. The molecule has 2 heterocycles. The Labute approximate surface area is 72.0 Å². The van der Waals surface area contributed by atoms with Crippen LogP contribution in [0.2, 0.25) is 4.34 Å². The fraction of sp³-hybridized carbons (Fsp3) is 0. The van der Waals surface area contributed by atoms with Gasteiger partial charge in [-0.3, -0.25) is 5.10 Å². The summed E-state index contributed by atoms with van der Waals surface area (Å²) in [4.78, 5) is 3.98. The Morgan fingerprint density at radius 2 is 2.45 bits per heavy atom. The number of H-pyrrole nitrogens is 1. The topological polar surface area (TPSA) is 41.6 Å². The summed E-state index contributed by atoms with van der Waals surface area (Å²) in [5, 5.41) is 8.39. The average Bonchev–Trinajstić information content (AvgIpc) is 2.55. The third kappa shape index (κ3) is 1.15. The van der Waals surface area contributed by atoms with Crippen molar-refractivity contribution < 1.29 is 0 Å². The maximum atomic E-state index is 5.86. The van der Waals surface area contributed by atoms with E-state index in [1.165, 1.54) is 17.7 Å². The standard InChI is InChI=1S/C6H4ClN3S/c7-5-4(1-2-11-5)6-8-3-9-10-6/h1-3H,(H,8,9,10). The van der Waals surface area contributed by atoms with Gasteiger partial charge in [0.1, 0.15) is 10.7 Å². The number of aromatic nitrogens is 3. The number of thiophene rings is 1. The van der Waals surface area contributed by atoms with Crippen molar-refractivity contribution >= 4 is 22.9 Å². The molecule has 0 aliphatic carbocycles. The second kappa shape index (κ2) is 2.64. The molecule has 0 aliphatic rings. The molecule has 0 saturated heterocycles. The van der Waals surface area contributed by atoms with Crippen molar-refractivity contribution in [3.05, 3.63) is 22.1 Å². The molecule has 3 nitrogen and oxygen atoms in total. The lowest BCUT2D eigenvalue weighted by Gasteiger charge is -1.88. The van der Waals surface area contributed by atoms with Crippen LogP contribution in [-0.2, 0) is 0 Å². The minimum Gasteiger partial charge on any atom is -0.259 e. The first-order chi connectivity index (χ1) is 5.38. The third-order valence-electron chi connectivity index (χ3n) is 1.29. The molecule has 0 spiro atoms. The Morgan fingerprint density at radius 3 is 3.00 bits per heavy atom. The summed E-state index contributed by atoms with van der Waals surface area (Å²) in [6.07, 6.45) is 1.46. The molecule has 56 valence electrons. The van der Waals surface area contributed by atoms with Crippen LogP contribution in [-0.4, -0.2) is 15.2 Å². The Kier molecular flexibility index (Phi) is 1.63. The van der Waals surface area contributed by atoms with Gasteiger partial charge in [0.2, 0.25) is 0 Å². The van der Waals surface area contributed by atoms with Gasteiger partial charge in [0.15, 0.2) is 5.82 Å². The SMILES string of the molecule is Clc1sccc1-c1ncn[nH]1. The van der Waals surface area contributed by atoms with Gasteiger partial charge in [-0.1, -0.05) is 11.6 Å². The third-order valence-corrected chi connectivity index (χ3v) is 2.46. The first kappa shape index (κ1) is 6.82. The Morgan fingerprint density at radius 1 is 1.55 bits per heavy atom. The van der Waals surface area contributed by atoms with Crippen LogP contribution in [0.4, 0.5) is 0 Å². The van der Waals surface area contributed by atoms with E-state index in [-0.39, 0.29) is 0 Å². The first-order valence-corrected chi connectivity index (χ1v) is 4.22. The highest BCUT2D eigenvalue weighted by atomic mass is 35.5. The summed E-state index contributed by atoms with van der Waals surface area (Å²) in [6, 6.07) is 1.91. The van der Waals surface area contributed by atoms with Gasteiger partial charge in [0.25, 0.3) is 0 Å². The van der Waals surface area contributed by atoms with Gasteiger partial charge in [-0.25, -0.2) is 4.98 Å². The highest BCUT2D eigenvalue weighted by Crippen LogP contribution is 2.29. The van der Waals surface area contributed by atoms with Crippen molar-refractivity contribution in [3.8, 4) is 11.4 Å². The fourth-order valence-electron chi connectivity index (χ4n) is 0.798. The largest absolute Gasteiger partial charge is 0.259 e. The lowest BCUT2D eigenvalue weighted by Crippen LogP contribution is -1.76. The Balaban J connectivity index is 2.53. The summed E-state index contributed by atoms with van der Waals surface area (Å²) in [5.74, 6) is 0.719. The predicted octanol–water partition coefficient (Wildman–Crippen LogP) is 2.19.